The van der Waals surface area contributed by atoms with Gasteiger partial charge >= 0.3 is 17.1 Å². The number of Topliss-reactive ketones (excluding diaryl/α,β-unsaturated/α-hetero) is 2. The molecule has 0 unspecified atom stereocenters. The first-order valence-electron chi connectivity index (χ1n) is 19.2. The zero-order valence-corrected chi connectivity index (χ0v) is 35.2. The molecule has 2 heterocycles. The van der Waals surface area contributed by atoms with Crippen molar-refractivity contribution < 1.29 is 42.3 Å². The van der Waals surface area contributed by atoms with Crippen LogP contribution in [0.25, 0.3) is 11.4 Å². The number of nitrogens with zero attached hydrogens (tertiary/aromatic N) is 6. The van der Waals surface area contributed by atoms with Gasteiger partial charge in [-0.15, -0.1) is 0 Å². The van der Waals surface area contributed by atoms with E-state index in [0.717, 1.165) is 11.1 Å². The molecule has 6 aromatic carbocycles. The molecule has 62 heavy (non-hydrogen) atoms. The minimum absolute atomic E-state index is 0. The zero-order chi connectivity index (χ0) is 42.2. The van der Waals surface area contributed by atoms with Gasteiger partial charge < -0.3 is 15.7 Å². The molecule has 0 amide bonds. The van der Waals surface area contributed by atoms with Crippen LogP contribution in [0.3, 0.4) is 0 Å². The molecule has 2 aromatic heterocycles. The Labute approximate surface area is 370 Å². The third kappa shape index (κ3) is 10.3. The molecule has 0 aliphatic heterocycles. The number of benzene rings is 6. The summed E-state index contributed by atoms with van der Waals surface area (Å²) in [7, 11) is 0. The minimum Gasteiger partial charge on any atom is -0.858 e. The summed E-state index contributed by atoms with van der Waals surface area (Å²) >= 11 is 0. The summed E-state index contributed by atoms with van der Waals surface area (Å²) in [6.45, 7) is 6.68. The second-order valence-electron chi connectivity index (χ2n) is 13.9. The molecule has 0 saturated carbocycles. The van der Waals surface area contributed by atoms with Crippen LogP contribution in [-0.4, -0.2) is 48.0 Å². The van der Waals surface area contributed by atoms with Gasteiger partial charge in [-0.25, -0.2) is 19.3 Å². The molecule has 0 saturated heterocycles. The number of aromatic nitrogens is 4. The van der Waals surface area contributed by atoms with Crippen LogP contribution < -0.4 is 10.2 Å². The van der Waals surface area contributed by atoms with Crippen LogP contribution in [0, 0.1) is 13.8 Å². The number of hydrogen-bond acceptors (Lipinski definition) is 8. The largest absolute Gasteiger partial charge is 2.00 e. The number of carbonyl (C=O) groups excluding carboxylic acids is 2. The Balaban J connectivity index is 0.000000227. The Bertz CT molecular complexity index is 2630. The normalized spacial score (nSPS) is 11.1. The second-order valence-corrected chi connectivity index (χ2v) is 13.9. The van der Waals surface area contributed by atoms with Gasteiger partial charge in [-0.3, -0.25) is 9.59 Å². The standard InChI is InChI=1S/2C25H21N3O2.Cu.H2O/c2*1-17-23(25(30)28(27-17)22-11-7-4-8-12-22)24(20-9-5-3-6-10-20)26-21-15-13-19(14-16-21)18(2)29;;/h2*3-16,30H,1-2H3;;1H2/q;;+2;/p-2. The van der Waals surface area contributed by atoms with Gasteiger partial charge in [0, 0.05) is 45.1 Å². The second kappa shape index (κ2) is 20.7. The van der Waals surface area contributed by atoms with E-state index in [4.69, 9.17) is 9.98 Å². The van der Waals surface area contributed by atoms with Crippen LogP contribution in [0.4, 0.5) is 11.4 Å². The van der Waals surface area contributed by atoms with Crippen molar-refractivity contribution in [2.75, 3.05) is 0 Å². The molecular weight excluding hydrogens is 828 g/mol. The maximum absolute atomic E-state index is 13.3. The number of para-hydroxylation sites is 2. The molecule has 0 atom stereocenters. The monoisotopic (exact) mass is 869 g/mol. The first-order chi connectivity index (χ1) is 29.1. The van der Waals surface area contributed by atoms with Crippen molar-refractivity contribution in [2.24, 2.45) is 9.98 Å². The van der Waals surface area contributed by atoms with E-state index in [1.54, 1.807) is 48.5 Å². The molecule has 12 heteroatoms. The first-order valence-corrected chi connectivity index (χ1v) is 19.2. The fourth-order valence-electron chi connectivity index (χ4n) is 6.57. The smallest absolute Gasteiger partial charge is 0.858 e. The van der Waals surface area contributed by atoms with E-state index in [-0.39, 0.29) is 45.9 Å². The predicted octanol–water partition coefficient (Wildman–Crippen LogP) is 8.42. The van der Waals surface area contributed by atoms with Crippen LogP contribution >= 0.6 is 0 Å². The summed E-state index contributed by atoms with van der Waals surface area (Å²) in [4.78, 5) is 32.7. The maximum Gasteiger partial charge on any atom is 2.00 e. The molecule has 0 bridgehead atoms. The van der Waals surface area contributed by atoms with E-state index in [9.17, 15) is 19.8 Å². The molecule has 0 fully saturated rings. The molecular formula is C50H42CuN6O5. The van der Waals surface area contributed by atoms with Gasteiger partial charge in [0.1, 0.15) is 0 Å². The average Bonchev–Trinajstić information content (AvgIpc) is 3.75. The Hall–Kier alpha value is -7.50. The molecule has 2 N–H and O–H groups in total. The van der Waals surface area contributed by atoms with E-state index in [2.05, 4.69) is 10.2 Å². The molecule has 8 rings (SSSR count). The fraction of sp³-hybridized carbons (Fsp3) is 0.0800. The number of hydrogen-bond donors (Lipinski definition) is 0. The molecule has 0 aliphatic carbocycles. The van der Waals surface area contributed by atoms with Crippen molar-refractivity contribution in [3.05, 3.63) is 215 Å². The number of ketones is 2. The summed E-state index contributed by atoms with van der Waals surface area (Å²) < 4.78 is 2.81. The van der Waals surface area contributed by atoms with Gasteiger partial charge in [0.15, 0.2) is 11.6 Å². The van der Waals surface area contributed by atoms with Crippen molar-refractivity contribution in [3.63, 3.8) is 0 Å². The molecule has 8 aromatic rings. The Morgan fingerprint density at radius 3 is 1.03 bits per heavy atom. The summed E-state index contributed by atoms with van der Waals surface area (Å²) in [6, 6.07) is 51.9. The van der Waals surface area contributed by atoms with Gasteiger partial charge in [-0.2, -0.15) is 10.2 Å². The van der Waals surface area contributed by atoms with E-state index < -0.39 is 0 Å². The van der Waals surface area contributed by atoms with Crippen LogP contribution in [0.1, 0.15) is 68.2 Å². The zero-order valence-electron chi connectivity index (χ0n) is 34.3. The summed E-state index contributed by atoms with van der Waals surface area (Å²) in [5.74, 6) is -0.449. The van der Waals surface area contributed by atoms with Crippen LogP contribution in [0.5, 0.6) is 11.8 Å². The van der Waals surface area contributed by atoms with Gasteiger partial charge in [0.2, 0.25) is 0 Å². The van der Waals surface area contributed by atoms with Crippen molar-refractivity contribution >= 4 is 34.4 Å². The summed E-state index contributed by atoms with van der Waals surface area (Å²) in [6.07, 6.45) is 0. The number of rotatable bonds is 10. The third-order valence-corrected chi connectivity index (χ3v) is 9.64. The predicted molar refractivity (Wildman–Crippen MR) is 235 cm³/mol. The SMILES string of the molecule is CC(=O)c1ccc(N=C(c2ccccc2)c2c(C)nn(-c3ccccc3)c2[O-])cc1.CC(=O)c1ccc(N=C(c2ccccc2)c2c(C)nn(-c3ccccc3)c2[O-])cc1.O.[Cu+2]. The Kier molecular flexibility index (Phi) is 15.2. The summed E-state index contributed by atoms with van der Waals surface area (Å²) in [5.41, 5.74) is 8.83. The van der Waals surface area contributed by atoms with Crippen molar-refractivity contribution in [3.8, 4) is 23.1 Å². The van der Waals surface area contributed by atoms with Crippen molar-refractivity contribution in [2.45, 2.75) is 27.7 Å². The molecule has 11 nitrogen and oxygen atoms in total. The number of aliphatic imine (C=N–C) groups is 2. The van der Waals surface area contributed by atoms with Crippen LogP contribution in [0.2, 0.25) is 0 Å². The van der Waals surface area contributed by atoms with Crippen molar-refractivity contribution in [1.82, 2.24) is 19.6 Å². The molecule has 0 spiro atoms. The van der Waals surface area contributed by atoms with Gasteiger partial charge in [-0.1, -0.05) is 97.1 Å². The van der Waals surface area contributed by atoms with E-state index in [0.29, 0.717) is 67.8 Å². The Morgan fingerprint density at radius 2 is 0.742 bits per heavy atom. The quantitative estimate of drug-likeness (QED) is 0.0758. The topological polar surface area (TPSA) is 172 Å². The Morgan fingerprint density at radius 1 is 0.452 bits per heavy atom. The van der Waals surface area contributed by atoms with Crippen LogP contribution in [0.15, 0.2) is 180 Å². The van der Waals surface area contributed by atoms with E-state index >= 15 is 0 Å². The number of carbonyl (C=O) groups is 2. The van der Waals surface area contributed by atoms with Crippen molar-refractivity contribution in [1.29, 1.82) is 0 Å². The first kappa shape index (κ1) is 45.6. The maximum atomic E-state index is 13.3. The van der Waals surface area contributed by atoms with Gasteiger partial charge in [-0.05, 0) is 100 Å². The fourth-order valence-corrected chi connectivity index (χ4v) is 6.57. The number of aryl methyl sites for hydroxylation is 2. The summed E-state index contributed by atoms with van der Waals surface area (Å²) in [5, 5.41) is 35.6. The van der Waals surface area contributed by atoms with Crippen LogP contribution in [-0.2, 0) is 17.1 Å². The van der Waals surface area contributed by atoms with Gasteiger partial charge in [0.05, 0.1) is 45.6 Å². The van der Waals surface area contributed by atoms with E-state index in [1.807, 2.05) is 135 Å². The minimum atomic E-state index is -0.221. The molecule has 0 aliphatic rings. The molecule has 1 radical (unpaired) electrons. The van der Waals surface area contributed by atoms with Gasteiger partial charge in [0.25, 0.3) is 0 Å². The van der Waals surface area contributed by atoms with E-state index in [1.165, 1.54) is 23.2 Å². The third-order valence-electron chi connectivity index (χ3n) is 9.64. The average molecular weight is 870 g/mol. The molecule has 313 valence electrons.